The van der Waals surface area contributed by atoms with Gasteiger partial charge in [0.25, 0.3) is 0 Å². The number of pyridine rings is 1. The number of hydrogen-bond donors (Lipinski definition) is 1. The van der Waals surface area contributed by atoms with Gasteiger partial charge in [-0.3, -0.25) is 0 Å². The van der Waals surface area contributed by atoms with E-state index in [0.717, 1.165) is 11.5 Å². The minimum absolute atomic E-state index is 0.487. The molecule has 0 saturated heterocycles. The van der Waals surface area contributed by atoms with Gasteiger partial charge in [-0.15, -0.1) is 0 Å². The third kappa shape index (κ3) is 2.95. The number of aromatic nitrogens is 1. The molecule has 1 aromatic heterocycles. The third-order valence-electron chi connectivity index (χ3n) is 1.56. The van der Waals surface area contributed by atoms with Gasteiger partial charge >= 0.3 is 0 Å². The van der Waals surface area contributed by atoms with Gasteiger partial charge in [0.1, 0.15) is 5.15 Å². The van der Waals surface area contributed by atoms with E-state index in [9.17, 15) is 0 Å². The summed E-state index contributed by atoms with van der Waals surface area (Å²) in [5.41, 5.74) is 0.878. The van der Waals surface area contributed by atoms with Crippen LogP contribution >= 0.6 is 11.6 Å². The standard InChI is InChI=1S/C9H12ClN3/c1-7(13(2)3)12-8-4-5-9(10)11-6-8/h4-6,12H,1H2,2-3H3. The van der Waals surface area contributed by atoms with Crippen molar-refractivity contribution in [3.63, 3.8) is 0 Å². The molecule has 0 amide bonds. The maximum atomic E-state index is 5.64. The van der Waals surface area contributed by atoms with Gasteiger partial charge in [0.15, 0.2) is 0 Å². The average molecular weight is 198 g/mol. The van der Waals surface area contributed by atoms with Gasteiger partial charge in [0.05, 0.1) is 17.7 Å². The highest BCUT2D eigenvalue weighted by Gasteiger charge is 1.97. The number of nitrogens with zero attached hydrogens (tertiary/aromatic N) is 2. The summed E-state index contributed by atoms with van der Waals surface area (Å²) in [4.78, 5) is 5.82. The first-order valence-corrected chi connectivity index (χ1v) is 4.22. The number of halogens is 1. The molecule has 0 radical (unpaired) electrons. The Kier molecular flexibility index (Phi) is 3.14. The van der Waals surface area contributed by atoms with E-state index >= 15 is 0 Å². The molecule has 0 aliphatic rings. The number of nitrogens with one attached hydrogen (secondary N) is 1. The Bertz CT molecular complexity index is 292. The fourth-order valence-corrected chi connectivity index (χ4v) is 0.840. The molecule has 0 aliphatic heterocycles. The zero-order valence-electron chi connectivity index (χ0n) is 7.71. The summed E-state index contributed by atoms with van der Waals surface area (Å²) >= 11 is 5.64. The number of hydrogen-bond acceptors (Lipinski definition) is 3. The van der Waals surface area contributed by atoms with Crippen molar-refractivity contribution in [2.75, 3.05) is 19.4 Å². The van der Waals surface area contributed by atoms with Crippen LogP contribution in [0.3, 0.4) is 0 Å². The van der Waals surface area contributed by atoms with Crippen LogP contribution in [0.5, 0.6) is 0 Å². The Morgan fingerprint density at radius 3 is 2.69 bits per heavy atom. The monoisotopic (exact) mass is 197 g/mol. The van der Waals surface area contributed by atoms with Gasteiger partial charge in [-0.2, -0.15) is 0 Å². The van der Waals surface area contributed by atoms with E-state index in [1.807, 2.05) is 25.1 Å². The van der Waals surface area contributed by atoms with E-state index in [-0.39, 0.29) is 0 Å². The Morgan fingerprint density at radius 1 is 1.54 bits per heavy atom. The van der Waals surface area contributed by atoms with Crippen molar-refractivity contribution in [2.45, 2.75) is 0 Å². The molecule has 1 N–H and O–H groups in total. The molecule has 1 aromatic rings. The lowest BCUT2D eigenvalue weighted by atomic mass is 10.4. The van der Waals surface area contributed by atoms with E-state index in [2.05, 4.69) is 16.9 Å². The Balaban J connectivity index is 2.65. The predicted octanol–water partition coefficient (Wildman–Crippen LogP) is 2.18. The van der Waals surface area contributed by atoms with Crippen LogP contribution in [0.1, 0.15) is 0 Å². The molecule has 4 heteroatoms. The molecule has 0 unspecified atom stereocenters. The molecular weight excluding hydrogens is 186 g/mol. The zero-order valence-corrected chi connectivity index (χ0v) is 8.47. The van der Waals surface area contributed by atoms with Gasteiger partial charge < -0.3 is 10.2 Å². The van der Waals surface area contributed by atoms with Gasteiger partial charge in [0, 0.05) is 14.1 Å². The van der Waals surface area contributed by atoms with Crippen LogP contribution in [0, 0.1) is 0 Å². The van der Waals surface area contributed by atoms with E-state index in [1.54, 1.807) is 12.3 Å². The maximum Gasteiger partial charge on any atom is 0.129 e. The van der Waals surface area contributed by atoms with Crippen LogP contribution in [0.15, 0.2) is 30.7 Å². The number of rotatable bonds is 3. The fraction of sp³-hybridized carbons (Fsp3) is 0.222. The highest BCUT2D eigenvalue weighted by atomic mass is 35.5. The first kappa shape index (κ1) is 9.86. The summed E-state index contributed by atoms with van der Waals surface area (Å²) in [6.45, 7) is 3.83. The quantitative estimate of drug-likeness (QED) is 0.753. The first-order valence-electron chi connectivity index (χ1n) is 3.84. The summed E-state index contributed by atoms with van der Waals surface area (Å²) in [5.74, 6) is 0.809. The van der Waals surface area contributed by atoms with Crippen molar-refractivity contribution in [1.29, 1.82) is 0 Å². The molecule has 0 bridgehead atoms. The largest absolute Gasteiger partial charge is 0.365 e. The van der Waals surface area contributed by atoms with E-state index in [1.165, 1.54) is 0 Å². The summed E-state index contributed by atoms with van der Waals surface area (Å²) in [6, 6.07) is 3.58. The zero-order chi connectivity index (χ0) is 9.84. The van der Waals surface area contributed by atoms with Gasteiger partial charge in [-0.25, -0.2) is 4.98 Å². The topological polar surface area (TPSA) is 28.2 Å². The molecule has 0 spiro atoms. The van der Waals surface area contributed by atoms with Crippen molar-refractivity contribution in [3.05, 3.63) is 35.9 Å². The minimum Gasteiger partial charge on any atom is -0.365 e. The normalized spacial score (nSPS) is 9.46. The second-order valence-corrected chi connectivity index (χ2v) is 3.22. The Hall–Kier alpha value is -1.22. The van der Waals surface area contributed by atoms with Crippen LogP contribution in [-0.2, 0) is 0 Å². The molecule has 3 nitrogen and oxygen atoms in total. The third-order valence-corrected chi connectivity index (χ3v) is 1.78. The molecule has 0 aliphatic carbocycles. The van der Waals surface area contributed by atoms with Crippen molar-refractivity contribution in [2.24, 2.45) is 0 Å². The smallest absolute Gasteiger partial charge is 0.129 e. The van der Waals surface area contributed by atoms with Crippen LogP contribution < -0.4 is 5.32 Å². The first-order chi connectivity index (χ1) is 6.09. The van der Waals surface area contributed by atoms with Crippen LogP contribution in [0.2, 0.25) is 5.15 Å². The number of anilines is 1. The van der Waals surface area contributed by atoms with Crippen LogP contribution in [0.25, 0.3) is 0 Å². The van der Waals surface area contributed by atoms with Gasteiger partial charge in [-0.1, -0.05) is 18.2 Å². The summed E-state index contributed by atoms with van der Waals surface area (Å²) in [5, 5.41) is 3.57. The van der Waals surface area contributed by atoms with E-state index in [0.29, 0.717) is 5.15 Å². The molecule has 0 saturated carbocycles. The molecule has 1 rings (SSSR count). The lowest BCUT2D eigenvalue weighted by molar-refractivity contribution is 0.521. The SMILES string of the molecule is C=C(Nc1ccc(Cl)nc1)N(C)C. The molecule has 0 fully saturated rings. The minimum atomic E-state index is 0.487. The van der Waals surface area contributed by atoms with Crippen molar-refractivity contribution in [1.82, 2.24) is 9.88 Å². The van der Waals surface area contributed by atoms with Crippen molar-refractivity contribution in [3.8, 4) is 0 Å². The molecular formula is C9H12ClN3. The lowest BCUT2D eigenvalue weighted by Crippen LogP contribution is -2.16. The summed E-state index contributed by atoms with van der Waals surface area (Å²) in [7, 11) is 3.83. The molecule has 70 valence electrons. The van der Waals surface area contributed by atoms with Gasteiger partial charge in [-0.05, 0) is 12.1 Å². The van der Waals surface area contributed by atoms with Crippen molar-refractivity contribution < 1.29 is 0 Å². The second-order valence-electron chi connectivity index (χ2n) is 2.84. The predicted molar refractivity (Wildman–Crippen MR) is 55.7 cm³/mol. The summed E-state index contributed by atoms with van der Waals surface area (Å²) < 4.78 is 0. The van der Waals surface area contributed by atoms with Crippen LogP contribution in [-0.4, -0.2) is 24.0 Å². The van der Waals surface area contributed by atoms with Crippen molar-refractivity contribution >= 4 is 17.3 Å². The average Bonchev–Trinajstić information content (AvgIpc) is 2.08. The highest BCUT2D eigenvalue weighted by molar-refractivity contribution is 6.29. The summed E-state index contributed by atoms with van der Waals surface area (Å²) in [6.07, 6.45) is 1.66. The maximum absolute atomic E-state index is 5.64. The molecule has 13 heavy (non-hydrogen) atoms. The van der Waals surface area contributed by atoms with E-state index < -0.39 is 0 Å². The Morgan fingerprint density at radius 2 is 2.23 bits per heavy atom. The van der Waals surface area contributed by atoms with E-state index in [4.69, 9.17) is 11.6 Å². The lowest BCUT2D eigenvalue weighted by Gasteiger charge is -2.16. The van der Waals surface area contributed by atoms with Gasteiger partial charge in [0.2, 0.25) is 0 Å². The molecule has 0 aromatic carbocycles. The Labute approximate surface area is 83.0 Å². The fourth-order valence-electron chi connectivity index (χ4n) is 0.728. The molecule has 0 atom stereocenters. The van der Waals surface area contributed by atoms with Crippen LogP contribution in [0.4, 0.5) is 5.69 Å². The second kappa shape index (κ2) is 4.14. The molecule has 1 heterocycles. The highest BCUT2D eigenvalue weighted by Crippen LogP contribution is 2.11.